The highest BCUT2D eigenvalue weighted by Crippen LogP contribution is 2.35. The monoisotopic (exact) mass is 436 g/mol. The number of dihydropyridines is 1. The number of anilines is 2. The minimum atomic E-state index is -1.07. The lowest BCUT2D eigenvalue weighted by Crippen LogP contribution is -2.35. The molecule has 0 spiro atoms. The van der Waals surface area contributed by atoms with Gasteiger partial charge in [0.25, 0.3) is 0 Å². The second-order valence-electron chi connectivity index (χ2n) is 7.93. The molecule has 2 aromatic rings. The number of allylic oxidation sites excluding steroid dienone is 1. The van der Waals surface area contributed by atoms with Gasteiger partial charge in [0.1, 0.15) is 30.2 Å². The molecule has 166 valence electrons. The van der Waals surface area contributed by atoms with E-state index in [0.717, 1.165) is 17.7 Å². The highest BCUT2D eigenvalue weighted by molar-refractivity contribution is 5.94. The minimum Gasteiger partial charge on any atom is -0.376 e. The third kappa shape index (κ3) is 4.82. The van der Waals surface area contributed by atoms with Gasteiger partial charge in [-0.05, 0) is 43.5 Å². The SMILES string of the molecule is CCCC(=O)C1C=C(C)C(Nc2ncccc2-c2cc(NC(=O)C3CC3F)ncn2)=CN1. The van der Waals surface area contributed by atoms with Crippen LogP contribution in [0.1, 0.15) is 33.1 Å². The van der Waals surface area contributed by atoms with E-state index in [4.69, 9.17) is 0 Å². The van der Waals surface area contributed by atoms with Crippen LogP contribution in [0.5, 0.6) is 0 Å². The normalized spacial score (nSPS) is 21.7. The van der Waals surface area contributed by atoms with E-state index in [0.29, 0.717) is 29.3 Å². The fourth-order valence-corrected chi connectivity index (χ4v) is 3.46. The van der Waals surface area contributed by atoms with Crippen LogP contribution in [0.3, 0.4) is 0 Å². The topological polar surface area (TPSA) is 109 Å². The van der Waals surface area contributed by atoms with Crippen molar-refractivity contribution in [2.24, 2.45) is 5.92 Å². The van der Waals surface area contributed by atoms with Gasteiger partial charge < -0.3 is 16.0 Å². The molecule has 3 heterocycles. The minimum absolute atomic E-state index is 0.154. The van der Waals surface area contributed by atoms with Crippen LogP contribution in [0, 0.1) is 5.92 Å². The van der Waals surface area contributed by atoms with Crippen LogP contribution in [0.4, 0.5) is 16.0 Å². The lowest BCUT2D eigenvalue weighted by atomic mass is 10.0. The number of pyridine rings is 1. The van der Waals surface area contributed by atoms with E-state index in [1.165, 1.54) is 6.33 Å². The molecule has 0 aromatic carbocycles. The van der Waals surface area contributed by atoms with E-state index in [-0.39, 0.29) is 24.2 Å². The Labute approximate surface area is 185 Å². The third-order valence-corrected chi connectivity index (χ3v) is 5.40. The van der Waals surface area contributed by atoms with Crippen molar-refractivity contribution in [1.82, 2.24) is 20.3 Å². The first kappa shape index (κ1) is 21.6. The molecule has 3 atom stereocenters. The summed E-state index contributed by atoms with van der Waals surface area (Å²) in [5.41, 5.74) is 2.98. The van der Waals surface area contributed by atoms with E-state index in [2.05, 4.69) is 30.9 Å². The molecule has 0 radical (unpaired) electrons. The second-order valence-corrected chi connectivity index (χ2v) is 7.93. The van der Waals surface area contributed by atoms with E-state index in [9.17, 15) is 14.0 Å². The Morgan fingerprint density at radius 2 is 2.09 bits per heavy atom. The maximum absolute atomic E-state index is 13.1. The number of hydrogen-bond acceptors (Lipinski definition) is 7. The van der Waals surface area contributed by atoms with Crippen LogP contribution in [0.15, 0.2) is 54.3 Å². The standard InChI is InChI=1S/C23H25FN6O2/c1-3-5-20(31)18-8-13(2)19(11-26-18)29-22-14(6-4-7-25-22)17-10-21(28-12-27-17)30-23(32)15-9-16(15)24/h4,6-8,10-12,15-16,18,26H,3,5,9H2,1-2H3,(H,25,29)(H,27,28,30,32). The van der Waals surface area contributed by atoms with Gasteiger partial charge in [-0.1, -0.05) is 6.92 Å². The smallest absolute Gasteiger partial charge is 0.231 e. The van der Waals surface area contributed by atoms with Gasteiger partial charge in [-0.25, -0.2) is 19.3 Å². The summed E-state index contributed by atoms with van der Waals surface area (Å²) in [5.74, 6) is 0.0478. The summed E-state index contributed by atoms with van der Waals surface area (Å²) in [6, 6.07) is 4.94. The molecule has 9 heteroatoms. The molecular weight excluding hydrogens is 411 g/mol. The molecule has 2 aliphatic rings. The highest BCUT2D eigenvalue weighted by Gasteiger charge is 2.43. The molecule has 8 nitrogen and oxygen atoms in total. The number of Topliss-reactive ketones (excluding diaryl/α,β-unsaturated/α-hetero) is 1. The number of nitrogens with one attached hydrogen (secondary N) is 3. The Morgan fingerprint density at radius 3 is 2.81 bits per heavy atom. The Morgan fingerprint density at radius 1 is 1.28 bits per heavy atom. The maximum atomic E-state index is 13.1. The van der Waals surface area contributed by atoms with Crippen molar-refractivity contribution in [1.29, 1.82) is 0 Å². The van der Waals surface area contributed by atoms with Gasteiger partial charge in [0, 0.05) is 30.4 Å². The van der Waals surface area contributed by atoms with Gasteiger partial charge in [0.15, 0.2) is 5.78 Å². The van der Waals surface area contributed by atoms with Crippen LogP contribution >= 0.6 is 0 Å². The van der Waals surface area contributed by atoms with E-state index in [1.807, 2.05) is 26.0 Å². The predicted octanol–water partition coefficient (Wildman–Crippen LogP) is 3.38. The van der Waals surface area contributed by atoms with Gasteiger partial charge in [-0.15, -0.1) is 0 Å². The number of halogens is 1. The molecule has 4 rings (SSSR count). The summed E-state index contributed by atoms with van der Waals surface area (Å²) in [4.78, 5) is 37.0. The molecule has 1 fully saturated rings. The summed E-state index contributed by atoms with van der Waals surface area (Å²) < 4.78 is 13.1. The van der Waals surface area contributed by atoms with Gasteiger partial charge >= 0.3 is 0 Å². The van der Waals surface area contributed by atoms with Gasteiger partial charge in [-0.2, -0.15) is 0 Å². The first-order valence-corrected chi connectivity index (χ1v) is 10.6. The Bertz CT molecular complexity index is 1100. The fourth-order valence-electron chi connectivity index (χ4n) is 3.46. The molecule has 1 amide bonds. The van der Waals surface area contributed by atoms with Crippen molar-refractivity contribution in [3.8, 4) is 11.3 Å². The van der Waals surface area contributed by atoms with Crippen LogP contribution in [-0.2, 0) is 9.59 Å². The Kier molecular flexibility index (Phi) is 6.25. The summed E-state index contributed by atoms with van der Waals surface area (Å²) in [6.07, 6.45) is 7.20. The zero-order valence-electron chi connectivity index (χ0n) is 17.9. The Balaban J connectivity index is 1.52. The van der Waals surface area contributed by atoms with Crippen molar-refractivity contribution in [2.45, 2.75) is 45.3 Å². The molecule has 1 aliphatic heterocycles. The number of hydrogen-bond donors (Lipinski definition) is 3. The van der Waals surface area contributed by atoms with Crippen molar-refractivity contribution < 1.29 is 14.0 Å². The largest absolute Gasteiger partial charge is 0.376 e. The molecular formula is C23H25FN6O2. The zero-order valence-corrected chi connectivity index (χ0v) is 17.9. The first-order valence-electron chi connectivity index (χ1n) is 10.6. The molecule has 0 saturated heterocycles. The number of carbonyl (C=O) groups is 2. The molecule has 3 N–H and O–H groups in total. The summed E-state index contributed by atoms with van der Waals surface area (Å²) in [6.45, 7) is 3.92. The zero-order chi connectivity index (χ0) is 22.7. The van der Waals surface area contributed by atoms with Gasteiger partial charge in [0.05, 0.1) is 17.3 Å². The van der Waals surface area contributed by atoms with Crippen LogP contribution in [-0.4, -0.2) is 38.9 Å². The quantitative estimate of drug-likeness (QED) is 0.582. The van der Waals surface area contributed by atoms with E-state index in [1.54, 1.807) is 24.5 Å². The fraction of sp³-hybridized carbons (Fsp3) is 0.348. The van der Waals surface area contributed by atoms with Gasteiger partial charge in [0.2, 0.25) is 5.91 Å². The van der Waals surface area contributed by atoms with E-state index < -0.39 is 12.1 Å². The van der Waals surface area contributed by atoms with Crippen molar-refractivity contribution >= 4 is 23.3 Å². The van der Waals surface area contributed by atoms with Crippen molar-refractivity contribution in [3.05, 3.63) is 54.3 Å². The lowest BCUT2D eigenvalue weighted by Gasteiger charge is -2.22. The summed E-state index contributed by atoms with van der Waals surface area (Å²) in [7, 11) is 0. The van der Waals surface area contributed by atoms with Crippen LogP contribution in [0.2, 0.25) is 0 Å². The van der Waals surface area contributed by atoms with Crippen molar-refractivity contribution in [2.75, 3.05) is 10.6 Å². The molecule has 0 bridgehead atoms. The van der Waals surface area contributed by atoms with Crippen LogP contribution in [0.25, 0.3) is 11.3 Å². The number of carbonyl (C=O) groups excluding carboxylic acids is 2. The average Bonchev–Trinajstić information content (AvgIpc) is 3.52. The number of ketones is 1. The van der Waals surface area contributed by atoms with Crippen LogP contribution < -0.4 is 16.0 Å². The summed E-state index contributed by atoms with van der Waals surface area (Å²) in [5, 5.41) is 9.07. The second kappa shape index (κ2) is 9.25. The number of rotatable bonds is 8. The number of alkyl halides is 1. The first-order chi connectivity index (χ1) is 15.5. The average molecular weight is 436 g/mol. The number of nitrogens with zero attached hydrogens (tertiary/aromatic N) is 3. The lowest BCUT2D eigenvalue weighted by molar-refractivity contribution is -0.120. The maximum Gasteiger partial charge on any atom is 0.231 e. The third-order valence-electron chi connectivity index (χ3n) is 5.40. The van der Waals surface area contributed by atoms with Crippen molar-refractivity contribution in [3.63, 3.8) is 0 Å². The number of amides is 1. The van der Waals surface area contributed by atoms with E-state index >= 15 is 0 Å². The number of aromatic nitrogens is 3. The molecule has 32 heavy (non-hydrogen) atoms. The van der Waals surface area contributed by atoms with Gasteiger partial charge in [-0.3, -0.25) is 9.59 Å². The molecule has 3 unspecified atom stereocenters. The molecule has 1 saturated carbocycles. The molecule has 1 aliphatic carbocycles. The Hall–Kier alpha value is -3.62. The molecule has 2 aromatic heterocycles. The summed E-state index contributed by atoms with van der Waals surface area (Å²) >= 11 is 0. The highest BCUT2D eigenvalue weighted by atomic mass is 19.1. The predicted molar refractivity (Wildman–Crippen MR) is 119 cm³/mol.